The summed E-state index contributed by atoms with van der Waals surface area (Å²) in [7, 11) is 1.56. The SMILES string of the molecule is COc1ccccc1C1=C(Nc2cccc3ccccc23)C(=O)N(c2ccc(C(C)C)cc2)C1=O. The molecule has 0 saturated carbocycles. The number of methoxy groups -OCH3 is 1. The third-order valence-corrected chi connectivity index (χ3v) is 6.33. The first-order chi connectivity index (χ1) is 17.0. The summed E-state index contributed by atoms with van der Waals surface area (Å²) in [6, 6.07) is 28.6. The molecular formula is C30H26N2O3. The van der Waals surface area contributed by atoms with Gasteiger partial charge in [0, 0.05) is 16.6 Å². The lowest BCUT2D eigenvalue weighted by Crippen LogP contribution is -2.32. The molecule has 1 N–H and O–H groups in total. The lowest BCUT2D eigenvalue weighted by atomic mass is 10.0. The molecule has 0 atom stereocenters. The van der Waals surface area contributed by atoms with Gasteiger partial charge in [0.1, 0.15) is 11.4 Å². The van der Waals surface area contributed by atoms with E-state index in [4.69, 9.17) is 4.74 Å². The minimum atomic E-state index is -0.402. The first kappa shape index (κ1) is 22.4. The van der Waals surface area contributed by atoms with Crippen molar-refractivity contribution in [2.24, 2.45) is 0 Å². The van der Waals surface area contributed by atoms with Gasteiger partial charge >= 0.3 is 0 Å². The fourth-order valence-electron chi connectivity index (χ4n) is 4.46. The van der Waals surface area contributed by atoms with Crippen molar-refractivity contribution in [3.05, 3.63) is 108 Å². The molecule has 1 heterocycles. The Kier molecular flexibility index (Phi) is 5.83. The second kappa shape index (κ2) is 9.11. The van der Waals surface area contributed by atoms with E-state index in [-0.39, 0.29) is 17.2 Å². The van der Waals surface area contributed by atoms with Crippen molar-refractivity contribution in [2.45, 2.75) is 19.8 Å². The van der Waals surface area contributed by atoms with E-state index < -0.39 is 5.91 Å². The first-order valence-corrected chi connectivity index (χ1v) is 11.6. The van der Waals surface area contributed by atoms with Gasteiger partial charge in [-0.15, -0.1) is 0 Å². The monoisotopic (exact) mass is 462 g/mol. The van der Waals surface area contributed by atoms with Crippen LogP contribution in [0.2, 0.25) is 0 Å². The highest BCUT2D eigenvalue weighted by Gasteiger charge is 2.41. The Bertz CT molecular complexity index is 1460. The summed E-state index contributed by atoms with van der Waals surface area (Å²) in [6.07, 6.45) is 0. The predicted molar refractivity (Wildman–Crippen MR) is 141 cm³/mol. The number of carbonyl (C=O) groups excluding carboxylic acids is 2. The fraction of sp³-hybridized carbons (Fsp3) is 0.133. The van der Waals surface area contributed by atoms with E-state index in [1.165, 1.54) is 4.90 Å². The number of para-hydroxylation sites is 1. The standard InChI is InChI=1S/C30H26N2O3/c1-19(2)20-15-17-22(18-16-20)32-29(33)27(24-12-6-7-14-26(24)35-3)28(30(32)34)31-25-13-8-10-21-9-4-5-11-23(21)25/h4-19,31H,1-3H3. The molecule has 0 aliphatic carbocycles. The Labute approximate surface area is 204 Å². The van der Waals surface area contributed by atoms with Crippen LogP contribution in [0.5, 0.6) is 5.75 Å². The highest BCUT2D eigenvalue weighted by atomic mass is 16.5. The quantitative estimate of drug-likeness (QED) is 0.338. The molecule has 0 radical (unpaired) electrons. The van der Waals surface area contributed by atoms with Crippen molar-refractivity contribution < 1.29 is 14.3 Å². The van der Waals surface area contributed by atoms with Gasteiger partial charge in [-0.05, 0) is 41.1 Å². The van der Waals surface area contributed by atoms with Crippen molar-refractivity contribution in [3.8, 4) is 5.75 Å². The summed E-state index contributed by atoms with van der Waals surface area (Å²) in [6.45, 7) is 4.21. The Morgan fingerprint density at radius 1 is 0.771 bits per heavy atom. The third-order valence-electron chi connectivity index (χ3n) is 6.33. The molecule has 5 heteroatoms. The van der Waals surface area contributed by atoms with E-state index in [1.54, 1.807) is 19.2 Å². The highest BCUT2D eigenvalue weighted by Crippen LogP contribution is 2.38. The average molecular weight is 463 g/mol. The van der Waals surface area contributed by atoms with Crippen molar-refractivity contribution in [1.29, 1.82) is 0 Å². The van der Waals surface area contributed by atoms with Crippen molar-refractivity contribution >= 4 is 39.5 Å². The molecule has 0 fully saturated rings. The zero-order valence-electron chi connectivity index (χ0n) is 19.9. The third kappa shape index (κ3) is 3.95. The molecule has 5 rings (SSSR count). The molecule has 0 bridgehead atoms. The maximum atomic E-state index is 13.8. The minimum Gasteiger partial charge on any atom is -0.496 e. The summed E-state index contributed by atoms with van der Waals surface area (Å²) in [5.74, 6) is 0.0819. The molecule has 1 aliphatic rings. The first-order valence-electron chi connectivity index (χ1n) is 11.6. The van der Waals surface area contributed by atoms with Gasteiger partial charge in [-0.3, -0.25) is 9.59 Å². The zero-order chi connectivity index (χ0) is 24.5. The maximum absolute atomic E-state index is 13.8. The van der Waals surface area contributed by atoms with Gasteiger partial charge in [0.15, 0.2) is 0 Å². The van der Waals surface area contributed by atoms with E-state index in [0.29, 0.717) is 22.9 Å². The van der Waals surface area contributed by atoms with Crippen LogP contribution in [0.15, 0.2) is 96.7 Å². The van der Waals surface area contributed by atoms with Crippen LogP contribution in [0.4, 0.5) is 11.4 Å². The van der Waals surface area contributed by atoms with E-state index in [2.05, 4.69) is 19.2 Å². The van der Waals surface area contributed by atoms with Gasteiger partial charge in [0.2, 0.25) is 0 Å². The van der Waals surface area contributed by atoms with Crippen molar-refractivity contribution in [1.82, 2.24) is 0 Å². The minimum absolute atomic E-state index is 0.226. The van der Waals surface area contributed by atoms with Crippen molar-refractivity contribution in [3.63, 3.8) is 0 Å². The molecule has 5 nitrogen and oxygen atoms in total. The van der Waals surface area contributed by atoms with Gasteiger partial charge in [0.05, 0.1) is 18.4 Å². The molecule has 0 spiro atoms. The van der Waals surface area contributed by atoms with Crippen LogP contribution in [-0.4, -0.2) is 18.9 Å². The van der Waals surface area contributed by atoms with E-state index in [1.807, 2.05) is 78.9 Å². The summed E-state index contributed by atoms with van der Waals surface area (Å²) in [4.78, 5) is 28.9. The van der Waals surface area contributed by atoms with Gasteiger partial charge in [0.25, 0.3) is 11.8 Å². The van der Waals surface area contributed by atoms with Gasteiger partial charge in [-0.2, -0.15) is 0 Å². The molecule has 4 aromatic carbocycles. The topological polar surface area (TPSA) is 58.6 Å². The lowest BCUT2D eigenvalue weighted by Gasteiger charge is -2.17. The second-order valence-corrected chi connectivity index (χ2v) is 8.79. The number of benzene rings is 4. The van der Waals surface area contributed by atoms with Gasteiger partial charge < -0.3 is 10.1 Å². The number of hydrogen-bond donors (Lipinski definition) is 1. The van der Waals surface area contributed by atoms with Crippen LogP contribution < -0.4 is 15.0 Å². The van der Waals surface area contributed by atoms with Crippen LogP contribution in [0.1, 0.15) is 30.9 Å². The molecule has 0 saturated heterocycles. The molecule has 4 aromatic rings. The number of nitrogens with one attached hydrogen (secondary N) is 1. The lowest BCUT2D eigenvalue weighted by molar-refractivity contribution is -0.120. The van der Waals surface area contributed by atoms with Crippen LogP contribution in [-0.2, 0) is 9.59 Å². The number of hydrogen-bond acceptors (Lipinski definition) is 4. The molecule has 35 heavy (non-hydrogen) atoms. The van der Waals surface area contributed by atoms with E-state index >= 15 is 0 Å². The Morgan fingerprint density at radius 3 is 2.20 bits per heavy atom. The predicted octanol–water partition coefficient (Wildman–Crippen LogP) is 6.37. The van der Waals surface area contributed by atoms with E-state index in [9.17, 15) is 9.59 Å². The molecule has 0 aromatic heterocycles. The normalized spacial score (nSPS) is 13.8. The number of nitrogens with zero attached hydrogens (tertiary/aromatic N) is 1. The Morgan fingerprint density at radius 2 is 1.46 bits per heavy atom. The van der Waals surface area contributed by atoms with Gasteiger partial charge in [-0.1, -0.05) is 80.6 Å². The second-order valence-electron chi connectivity index (χ2n) is 8.79. The van der Waals surface area contributed by atoms with Crippen LogP contribution in [0.3, 0.4) is 0 Å². The summed E-state index contributed by atoms with van der Waals surface area (Å²) < 4.78 is 5.55. The van der Waals surface area contributed by atoms with E-state index in [0.717, 1.165) is 22.0 Å². The van der Waals surface area contributed by atoms with Crippen molar-refractivity contribution in [2.75, 3.05) is 17.3 Å². The Hall–Kier alpha value is -4.38. The number of fused-ring (bicyclic) bond motifs is 1. The molecule has 174 valence electrons. The van der Waals surface area contributed by atoms with Crippen LogP contribution >= 0.6 is 0 Å². The van der Waals surface area contributed by atoms with Crippen LogP contribution in [0.25, 0.3) is 16.3 Å². The zero-order valence-corrected chi connectivity index (χ0v) is 19.9. The molecule has 2 amide bonds. The largest absolute Gasteiger partial charge is 0.496 e. The highest BCUT2D eigenvalue weighted by molar-refractivity contribution is 6.46. The number of carbonyl (C=O) groups is 2. The molecular weight excluding hydrogens is 436 g/mol. The van der Waals surface area contributed by atoms with Crippen LogP contribution in [0, 0.1) is 0 Å². The number of ether oxygens (including phenoxy) is 1. The number of amides is 2. The fourth-order valence-corrected chi connectivity index (χ4v) is 4.46. The maximum Gasteiger partial charge on any atom is 0.282 e. The number of imide groups is 1. The number of rotatable bonds is 6. The summed E-state index contributed by atoms with van der Waals surface area (Å²) >= 11 is 0. The smallest absolute Gasteiger partial charge is 0.282 e. The molecule has 0 unspecified atom stereocenters. The number of anilines is 2. The Balaban J connectivity index is 1.65. The summed E-state index contributed by atoms with van der Waals surface area (Å²) in [5, 5.41) is 5.30. The molecule has 1 aliphatic heterocycles. The summed E-state index contributed by atoms with van der Waals surface area (Å²) in [5.41, 5.74) is 3.50. The average Bonchev–Trinajstić information content (AvgIpc) is 3.13. The van der Waals surface area contributed by atoms with Gasteiger partial charge in [-0.25, -0.2) is 4.90 Å².